The van der Waals surface area contributed by atoms with E-state index in [9.17, 15) is 5.11 Å². The molecule has 0 radical (unpaired) electrons. The average molecular weight is 246 g/mol. The highest BCUT2D eigenvalue weighted by atomic mass is 32.1. The lowest BCUT2D eigenvalue weighted by Gasteiger charge is -2.23. The van der Waals surface area contributed by atoms with Gasteiger partial charge in [-0.2, -0.15) is 11.3 Å². The third-order valence-electron chi connectivity index (χ3n) is 2.96. The molecule has 1 unspecified atom stereocenters. The van der Waals surface area contributed by atoms with Crippen molar-refractivity contribution in [1.82, 2.24) is 0 Å². The molecule has 2 heteroatoms. The molecule has 1 nitrogen and oxygen atoms in total. The molecular formula is C15H18OS. The van der Waals surface area contributed by atoms with Gasteiger partial charge in [-0.05, 0) is 47.7 Å². The summed E-state index contributed by atoms with van der Waals surface area (Å²) < 4.78 is 0. The summed E-state index contributed by atoms with van der Waals surface area (Å²) in [5.74, 6) is 0. The number of benzene rings is 1. The first kappa shape index (κ1) is 12.3. The summed E-state index contributed by atoms with van der Waals surface area (Å²) in [5, 5.41) is 14.6. The van der Waals surface area contributed by atoms with Gasteiger partial charge in [0, 0.05) is 6.42 Å². The maximum absolute atomic E-state index is 10.4. The Balaban J connectivity index is 1.90. The van der Waals surface area contributed by atoms with E-state index in [4.69, 9.17) is 0 Å². The van der Waals surface area contributed by atoms with Crippen LogP contribution >= 0.6 is 11.3 Å². The Bertz CT molecular complexity index is 431. The van der Waals surface area contributed by atoms with Gasteiger partial charge in [0.1, 0.15) is 0 Å². The zero-order valence-electron chi connectivity index (χ0n) is 10.1. The number of aryl methyl sites for hydroxylation is 1. The minimum absolute atomic E-state index is 0.622. The summed E-state index contributed by atoms with van der Waals surface area (Å²) in [6, 6.07) is 12.3. The second-order valence-electron chi connectivity index (χ2n) is 4.79. The van der Waals surface area contributed by atoms with Crippen molar-refractivity contribution in [3.05, 3.63) is 58.3 Å². The topological polar surface area (TPSA) is 20.2 Å². The first-order valence-electron chi connectivity index (χ1n) is 5.93. The largest absolute Gasteiger partial charge is 0.390 e. The molecule has 0 aliphatic carbocycles. The standard InChI is InChI=1S/C15H18OS/c1-15(16,9-7-14-8-10-17-12-14)11-13-5-3-2-4-6-13/h2-6,8,10,12,16H,7,9,11H2,1H3. The summed E-state index contributed by atoms with van der Waals surface area (Å²) in [6.07, 6.45) is 2.47. The van der Waals surface area contributed by atoms with Gasteiger partial charge in [0.05, 0.1) is 5.60 Å². The molecule has 1 N–H and O–H groups in total. The van der Waals surface area contributed by atoms with Crippen molar-refractivity contribution in [2.24, 2.45) is 0 Å². The van der Waals surface area contributed by atoms with Crippen LogP contribution < -0.4 is 0 Å². The van der Waals surface area contributed by atoms with E-state index in [1.54, 1.807) is 11.3 Å². The number of hydrogen-bond donors (Lipinski definition) is 1. The van der Waals surface area contributed by atoms with Crippen molar-refractivity contribution < 1.29 is 5.11 Å². The molecular weight excluding hydrogens is 228 g/mol. The van der Waals surface area contributed by atoms with Gasteiger partial charge in [-0.3, -0.25) is 0 Å². The monoisotopic (exact) mass is 246 g/mol. The smallest absolute Gasteiger partial charge is 0.0663 e. The maximum atomic E-state index is 10.4. The Morgan fingerprint density at radius 1 is 1.12 bits per heavy atom. The molecule has 1 aromatic carbocycles. The van der Waals surface area contributed by atoms with Crippen LogP contribution in [0.15, 0.2) is 47.2 Å². The van der Waals surface area contributed by atoms with Gasteiger partial charge >= 0.3 is 0 Å². The summed E-state index contributed by atoms with van der Waals surface area (Å²) in [5.41, 5.74) is 1.90. The third kappa shape index (κ3) is 3.99. The van der Waals surface area contributed by atoms with Crippen LogP contribution in [0.25, 0.3) is 0 Å². The van der Waals surface area contributed by atoms with E-state index < -0.39 is 5.60 Å². The van der Waals surface area contributed by atoms with Gasteiger partial charge in [0.2, 0.25) is 0 Å². The fraction of sp³-hybridized carbons (Fsp3) is 0.333. The van der Waals surface area contributed by atoms with Crippen molar-refractivity contribution in [3.8, 4) is 0 Å². The minimum Gasteiger partial charge on any atom is -0.390 e. The highest BCUT2D eigenvalue weighted by molar-refractivity contribution is 7.07. The molecule has 0 saturated heterocycles. The van der Waals surface area contributed by atoms with Crippen LogP contribution in [0.3, 0.4) is 0 Å². The molecule has 0 aliphatic heterocycles. The normalized spacial score (nSPS) is 14.5. The maximum Gasteiger partial charge on any atom is 0.0663 e. The molecule has 1 aromatic heterocycles. The van der Waals surface area contributed by atoms with E-state index >= 15 is 0 Å². The molecule has 0 saturated carbocycles. The van der Waals surface area contributed by atoms with Crippen molar-refractivity contribution in [2.45, 2.75) is 31.8 Å². The predicted octanol–water partition coefficient (Wildman–Crippen LogP) is 3.67. The van der Waals surface area contributed by atoms with Crippen molar-refractivity contribution in [1.29, 1.82) is 0 Å². The Kier molecular flexibility index (Phi) is 3.97. The van der Waals surface area contributed by atoms with Crippen LogP contribution in [0.5, 0.6) is 0 Å². The van der Waals surface area contributed by atoms with E-state index in [2.05, 4.69) is 29.0 Å². The quantitative estimate of drug-likeness (QED) is 0.853. The molecule has 0 spiro atoms. The minimum atomic E-state index is -0.622. The Morgan fingerprint density at radius 3 is 2.53 bits per heavy atom. The lowest BCUT2D eigenvalue weighted by Crippen LogP contribution is -2.27. The number of aliphatic hydroxyl groups is 1. The van der Waals surface area contributed by atoms with Crippen LogP contribution in [0.4, 0.5) is 0 Å². The lowest BCUT2D eigenvalue weighted by atomic mass is 9.91. The van der Waals surface area contributed by atoms with E-state index in [0.29, 0.717) is 0 Å². The van der Waals surface area contributed by atoms with E-state index in [0.717, 1.165) is 19.3 Å². The van der Waals surface area contributed by atoms with E-state index in [1.807, 2.05) is 25.1 Å². The predicted molar refractivity (Wildman–Crippen MR) is 73.4 cm³/mol. The van der Waals surface area contributed by atoms with Gasteiger partial charge in [0.25, 0.3) is 0 Å². The molecule has 17 heavy (non-hydrogen) atoms. The van der Waals surface area contributed by atoms with Crippen molar-refractivity contribution in [2.75, 3.05) is 0 Å². The van der Waals surface area contributed by atoms with Crippen LogP contribution in [0.2, 0.25) is 0 Å². The summed E-state index contributed by atoms with van der Waals surface area (Å²) >= 11 is 1.71. The number of rotatable bonds is 5. The van der Waals surface area contributed by atoms with E-state index in [-0.39, 0.29) is 0 Å². The van der Waals surface area contributed by atoms with Crippen LogP contribution in [0.1, 0.15) is 24.5 Å². The SMILES string of the molecule is CC(O)(CCc1ccsc1)Cc1ccccc1. The lowest BCUT2D eigenvalue weighted by molar-refractivity contribution is 0.0516. The Morgan fingerprint density at radius 2 is 1.88 bits per heavy atom. The highest BCUT2D eigenvalue weighted by Crippen LogP contribution is 2.20. The second kappa shape index (κ2) is 5.48. The zero-order chi connectivity index (χ0) is 12.1. The Hall–Kier alpha value is -1.12. The van der Waals surface area contributed by atoms with Gasteiger partial charge in [-0.15, -0.1) is 0 Å². The molecule has 0 amide bonds. The molecule has 1 atom stereocenters. The van der Waals surface area contributed by atoms with Gasteiger partial charge < -0.3 is 5.11 Å². The van der Waals surface area contributed by atoms with Crippen molar-refractivity contribution in [3.63, 3.8) is 0 Å². The average Bonchev–Trinajstić information content (AvgIpc) is 2.80. The first-order valence-corrected chi connectivity index (χ1v) is 6.87. The highest BCUT2D eigenvalue weighted by Gasteiger charge is 2.20. The van der Waals surface area contributed by atoms with Crippen LogP contribution in [0, 0.1) is 0 Å². The molecule has 1 heterocycles. The van der Waals surface area contributed by atoms with Gasteiger partial charge in [-0.25, -0.2) is 0 Å². The summed E-state index contributed by atoms with van der Waals surface area (Å²) in [7, 11) is 0. The third-order valence-corrected chi connectivity index (χ3v) is 3.69. The van der Waals surface area contributed by atoms with Gasteiger partial charge in [-0.1, -0.05) is 30.3 Å². The second-order valence-corrected chi connectivity index (χ2v) is 5.57. The molecule has 90 valence electrons. The number of hydrogen-bond acceptors (Lipinski definition) is 2. The summed E-state index contributed by atoms with van der Waals surface area (Å²) in [4.78, 5) is 0. The van der Waals surface area contributed by atoms with Crippen molar-refractivity contribution >= 4 is 11.3 Å². The number of thiophene rings is 1. The van der Waals surface area contributed by atoms with Gasteiger partial charge in [0.15, 0.2) is 0 Å². The first-order chi connectivity index (χ1) is 8.16. The van der Waals surface area contributed by atoms with Crippen LogP contribution in [-0.4, -0.2) is 10.7 Å². The molecule has 2 aromatic rings. The molecule has 0 fully saturated rings. The summed E-state index contributed by atoms with van der Waals surface area (Å²) in [6.45, 7) is 1.92. The Labute approximate surface area is 107 Å². The molecule has 2 rings (SSSR count). The fourth-order valence-electron chi connectivity index (χ4n) is 1.97. The van der Waals surface area contributed by atoms with Crippen LogP contribution in [-0.2, 0) is 12.8 Å². The molecule has 0 bridgehead atoms. The zero-order valence-corrected chi connectivity index (χ0v) is 10.9. The fourth-order valence-corrected chi connectivity index (χ4v) is 2.68. The van der Waals surface area contributed by atoms with E-state index in [1.165, 1.54) is 11.1 Å². The molecule has 0 aliphatic rings.